The maximum atomic E-state index is 13.7. The van der Waals surface area contributed by atoms with Crippen LogP contribution in [0, 0.1) is 0 Å². The monoisotopic (exact) mass is 446 g/mol. The number of carbonyl (C=O) groups is 2. The first-order chi connectivity index (χ1) is 16.2. The van der Waals surface area contributed by atoms with Gasteiger partial charge in [0.05, 0.1) is 13.4 Å². The van der Waals surface area contributed by atoms with E-state index in [0.717, 1.165) is 42.6 Å². The van der Waals surface area contributed by atoms with Gasteiger partial charge in [0.15, 0.2) is 5.76 Å². The normalized spacial score (nSPS) is 14.9. The molecule has 2 amide bonds. The van der Waals surface area contributed by atoms with E-state index in [-0.39, 0.29) is 30.2 Å². The minimum absolute atomic E-state index is 0.138. The highest BCUT2D eigenvalue weighted by Crippen LogP contribution is 2.28. The summed E-state index contributed by atoms with van der Waals surface area (Å²) in [5, 5.41) is 3.22. The molecule has 4 rings (SSSR count). The number of methoxy groups -OCH3 is 1. The number of furan rings is 1. The molecule has 6 nitrogen and oxygen atoms in total. The van der Waals surface area contributed by atoms with E-state index in [4.69, 9.17) is 9.15 Å². The number of carbonyl (C=O) groups excluding carboxylic acids is 2. The molecule has 6 heteroatoms. The van der Waals surface area contributed by atoms with Gasteiger partial charge in [-0.05, 0) is 48.2 Å². The molecule has 33 heavy (non-hydrogen) atoms. The Morgan fingerprint density at radius 2 is 1.73 bits per heavy atom. The van der Waals surface area contributed by atoms with Crippen LogP contribution in [0.3, 0.4) is 0 Å². The molecule has 2 aromatic carbocycles. The second-order valence-electron chi connectivity index (χ2n) is 8.42. The lowest BCUT2D eigenvalue weighted by atomic mass is 9.94. The molecule has 1 heterocycles. The van der Waals surface area contributed by atoms with Gasteiger partial charge in [0.2, 0.25) is 5.91 Å². The summed E-state index contributed by atoms with van der Waals surface area (Å²) in [4.78, 5) is 28.8. The van der Waals surface area contributed by atoms with Gasteiger partial charge in [-0.15, -0.1) is 0 Å². The van der Waals surface area contributed by atoms with Gasteiger partial charge in [0.1, 0.15) is 11.8 Å². The lowest BCUT2D eigenvalue weighted by Crippen LogP contribution is -2.46. The number of rotatable bonds is 8. The molecule has 3 aromatic rings. The van der Waals surface area contributed by atoms with E-state index in [9.17, 15) is 9.59 Å². The molecule has 1 aliphatic rings. The van der Waals surface area contributed by atoms with Gasteiger partial charge >= 0.3 is 0 Å². The molecule has 0 saturated heterocycles. The van der Waals surface area contributed by atoms with Crippen molar-refractivity contribution in [2.75, 3.05) is 7.11 Å². The Bertz CT molecular complexity index is 1030. The summed E-state index contributed by atoms with van der Waals surface area (Å²) >= 11 is 0. The molecule has 1 N–H and O–H groups in total. The van der Waals surface area contributed by atoms with Gasteiger partial charge in [-0.25, -0.2) is 0 Å². The molecule has 1 unspecified atom stereocenters. The molecule has 1 atom stereocenters. The number of hydrogen-bond donors (Lipinski definition) is 1. The summed E-state index contributed by atoms with van der Waals surface area (Å²) < 4.78 is 10.7. The summed E-state index contributed by atoms with van der Waals surface area (Å²) in [5.74, 6) is 0.442. The fourth-order valence-electron chi connectivity index (χ4n) is 4.39. The lowest BCUT2D eigenvalue weighted by Gasteiger charge is -2.33. The van der Waals surface area contributed by atoms with Crippen molar-refractivity contribution < 1.29 is 18.7 Å². The smallest absolute Gasteiger partial charge is 0.290 e. The number of amides is 2. The summed E-state index contributed by atoms with van der Waals surface area (Å²) in [7, 11) is 1.61. The van der Waals surface area contributed by atoms with Crippen molar-refractivity contribution in [3.05, 3.63) is 89.9 Å². The zero-order valence-corrected chi connectivity index (χ0v) is 18.9. The van der Waals surface area contributed by atoms with E-state index in [1.807, 2.05) is 54.6 Å². The molecular formula is C27H30N2O4. The first kappa shape index (κ1) is 22.6. The first-order valence-electron chi connectivity index (χ1n) is 11.5. The molecule has 1 aromatic heterocycles. The van der Waals surface area contributed by atoms with Crippen molar-refractivity contribution in [1.82, 2.24) is 10.2 Å². The largest absolute Gasteiger partial charge is 0.497 e. The fraction of sp³-hybridized carbons (Fsp3) is 0.333. The van der Waals surface area contributed by atoms with Crippen LogP contribution in [0.4, 0.5) is 0 Å². The number of nitrogens with zero attached hydrogens (tertiary/aromatic N) is 1. The minimum Gasteiger partial charge on any atom is -0.497 e. The van der Waals surface area contributed by atoms with Crippen molar-refractivity contribution in [2.45, 2.75) is 50.7 Å². The van der Waals surface area contributed by atoms with Crippen molar-refractivity contribution >= 4 is 11.8 Å². The molecule has 0 radical (unpaired) electrons. The van der Waals surface area contributed by atoms with Gasteiger partial charge in [-0.2, -0.15) is 0 Å². The van der Waals surface area contributed by atoms with E-state index in [2.05, 4.69) is 5.32 Å². The molecule has 172 valence electrons. The van der Waals surface area contributed by atoms with E-state index in [0.29, 0.717) is 0 Å². The maximum absolute atomic E-state index is 13.7. The number of nitrogens with one attached hydrogen (secondary N) is 1. The van der Waals surface area contributed by atoms with Gasteiger partial charge in [0, 0.05) is 12.6 Å². The van der Waals surface area contributed by atoms with Gasteiger partial charge in [-0.3, -0.25) is 9.59 Å². The van der Waals surface area contributed by atoms with Crippen molar-refractivity contribution in [3.63, 3.8) is 0 Å². The first-order valence-corrected chi connectivity index (χ1v) is 11.5. The van der Waals surface area contributed by atoms with Gasteiger partial charge in [-0.1, -0.05) is 61.7 Å². The maximum Gasteiger partial charge on any atom is 0.290 e. The van der Waals surface area contributed by atoms with Crippen molar-refractivity contribution in [2.24, 2.45) is 0 Å². The lowest BCUT2D eigenvalue weighted by molar-refractivity contribution is -0.127. The van der Waals surface area contributed by atoms with E-state index in [1.165, 1.54) is 12.7 Å². The second kappa shape index (κ2) is 10.9. The Labute approximate surface area is 194 Å². The minimum atomic E-state index is -0.784. The summed E-state index contributed by atoms with van der Waals surface area (Å²) in [6, 6.07) is 19.6. The Morgan fingerprint density at radius 3 is 2.36 bits per heavy atom. The zero-order valence-electron chi connectivity index (χ0n) is 18.9. The highest BCUT2D eigenvalue weighted by atomic mass is 16.5. The van der Waals surface area contributed by atoms with Crippen LogP contribution in [0.5, 0.6) is 5.75 Å². The fourth-order valence-corrected chi connectivity index (χ4v) is 4.39. The van der Waals surface area contributed by atoms with Crippen LogP contribution < -0.4 is 10.1 Å². The van der Waals surface area contributed by atoms with E-state index in [1.54, 1.807) is 24.1 Å². The Hall–Kier alpha value is -3.54. The predicted molar refractivity (Wildman–Crippen MR) is 126 cm³/mol. The molecule has 0 bridgehead atoms. The average Bonchev–Trinajstić information content (AvgIpc) is 3.40. The Morgan fingerprint density at radius 1 is 1.00 bits per heavy atom. The Kier molecular flexibility index (Phi) is 7.45. The molecule has 1 aliphatic carbocycles. The average molecular weight is 447 g/mol. The summed E-state index contributed by atoms with van der Waals surface area (Å²) in [6.45, 7) is 0.251. The van der Waals surface area contributed by atoms with Crippen LogP contribution in [0.2, 0.25) is 0 Å². The molecule has 1 saturated carbocycles. The SMILES string of the molecule is COc1ccc(CN(C(=O)c2ccco2)C(C(=O)NC2CCCCC2)c2ccccc2)cc1. The molecule has 0 aliphatic heterocycles. The topological polar surface area (TPSA) is 71.8 Å². The third kappa shape index (κ3) is 5.64. The quantitative estimate of drug-likeness (QED) is 0.521. The van der Waals surface area contributed by atoms with Crippen LogP contribution in [0.1, 0.15) is 59.8 Å². The number of ether oxygens (including phenoxy) is 1. The van der Waals surface area contributed by atoms with Crippen molar-refractivity contribution in [1.29, 1.82) is 0 Å². The zero-order chi connectivity index (χ0) is 23.0. The number of benzene rings is 2. The Balaban J connectivity index is 1.69. The van der Waals surface area contributed by atoms with Crippen LogP contribution in [0.25, 0.3) is 0 Å². The van der Waals surface area contributed by atoms with Crippen LogP contribution in [-0.2, 0) is 11.3 Å². The van der Waals surface area contributed by atoms with Crippen LogP contribution >= 0.6 is 0 Å². The molecule has 1 fully saturated rings. The van der Waals surface area contributed by atoms with Crippen LogP contribution in [0.15, 0.2) is 77.4 Å². The van der Waals surface area contributed by atoms with Gasteiger partial charge < -0.3 is 19.4 Å². The van der Waals surface area contributed by atoms with Crippen molar-refractivity contribution in [3.8, 4) is 5.75 Å². The highest BCUT2D eigenvalue weighted by molar-refractivity contribution is 5.96. The third-order valence-electron chi connectivity index (χ3n) is 6.13. The van der Waals surface area contributed by atoms with Gasteiger partial charge in [0.25, 0.3) is 5.91 Å². The standard InChI is InChI=1S/C27H30N2O4/c1-32-23-16-14-20(15-17-23)19-29(27(31)24-13-8-18-33-24)25(21-9-4-2-5-10-21)26(30)28-22-11-6-3-7-12-22/h2,4-5,8-10,13-18,22,25H,3,6-7,11-12,19H2,1H3,(H,28,30). The molecular weight excluding hydrogens is 416 g/mol. The molecule has 0 spiro atoms. The second-order valence-corrected chi connectivity index (χ2v) is 8.42. The number of hydrogen-bond acceptors (Lipinski definition) is 4. The summed E-state index contributed by atoms with van der Waals surface area (Å²) in [6.07, 6.45) is 6.84. The van der Waals surface area contributed by atoms with E-state index < -0.39 is 6.04 Å². The van der Waals surface area contributed by atoms with Crippen LogP contribution in [-0.4, -0.2) is 29.9 Å². The summed E-state index contributed by atoms with van der Waals surface area (Å²) in [5.41, 5.74) is 1.65. The third-order valence-corrected chi connectivity index (χ3v) is 6.13. The predicted octanol–water partition coefficient (Wildman–Crippen LogP) is 5.12. The highest BCUT2D eigenvalue weighted by Gasteiger charge is 2.34. The van der Waals surface area contributed by atoms with E-state index >= 15 is 0 Å².